The second-order valence-electron chi connectivity index (χ2n) is 6.51. The van der Waals surface area contributed by atoms with E-state index in [1.165, 1.54) is 17.0 Å². The zero-order valence-corrected chi connectivity index (χ0v) is 15.6. The standard InChI is InChI=1S/C19H15F6N3O3/c20-18(21,22)11-7-12(19(23,24)25)9-15(8-11)31-10-16(29)27-13-1-3-14(4-2-13)28-6-5-26-17(28)30/h1-4,7-9H,5-6,10H2,(H,26,30)(H,27,29). The molecule has 12 heteroatoms. The first-order valence-corrected chi connectivity index (χ1v) is 8.81. The molecule has 0 aliphatic carbocycles. The van der Waals surface area contributed by atoms with Crippen molar-refractivity contribution in [2.75, 3.05) is 29.9 Å². The van der Waals surface area contributed by atoms with Crippen LogP contribution in [-0.2, 0) is 17.1 Å². The van der Waals surface area contributed by atoms with Gasteiger partial charge in [-0.1, -0.05) is 0 Å². The van der Waals surface area contributed by atoms with Gasteiger partial charge in [0.05, 0.1) is 11.1 Å². The minimum atomic E-state index is -5.02. The molecule has 3 amide bonds. The predicted molar refractivity (Wildman–Crippen MR) is 97.8 cm³/mol. The Kier molecular flexibility index (Phi) is 6.00. The molecule has 1 fully saturated rings. The van der Waals surface area contributed by atoms with Crippen molar-refractivity contribution in [3.8, 4) is 5.75 Å². The number of carbonyl (C=O) groups excluding carboxylic acids is 2. The Hall–Kier alpha value is -3.44. The first kappa shape index (κ1) is 22.2. The maximum atomic E-state index is 12.9. The van der Waals surface area contributed by atoms with Gasteiger partial charge in [0.15, 0.2) is 6.61 Å². The van der Waals surface area contributed by atoms with Crippen LogP contribution in [-0.4, -0.2) is 31.6 Å². The molecule has 1 aliphatic rings. The summed E-state index contributed by atoms with van der Waals surface area (Å²) in [4.78, 5) is 25.1. The number of nitrogens with zero attached hydrogens (tertiary/aromatic N) is 1. The van der Waals surface area contributed by atoms with E-state index < -0.39 is 41.7 Å². The first-order chi connectivity index (χ1) is 14.4. The van der Waals surface area contributed by atoms with Crippen LogP contribution in [0.15, 0.2) is 42.5 Å². The molecular weight excluding hydrogens is 432 g/mol. The fraction of sp³-hybridized carbons (Fsp3) is 0.263. The van der Waals surface area contributed by atoms with Gasteiger partial charge in [-0.05, 0) is 42.5 Å². The lowest BCUT2D eigenvalue weighted by Gasteiger charge is -2.15. The predicted octanol–water partition coefficient (Wildman–Crippen LogP) is 4.27. The average Bonchev–Trinajstić information content (AvgIpc) is 3.11. The molecule has 3 rings (SSSR count). The topological polar surface area (TPSA) is 70.7 Å². The molecule has 0 spiro atoms. The van der Waals surface area contributed by atoms with Gasteiger partial charge in [-0.15, -0.1) is 0 Å². The van der Waals surface area contributed by atoms with Gasteiger partial charge >= 0.3 is 18.4 Å². The van der Waals surface area contributed by atoms with Gasteiger partial charge in [-0.3, -0.25) is 9.69 Å². The molecule has 0 atom stereocenters. The normalized spacial score (nSPS) is 14.4. The SMILES string of the molecule is O=C(COc1cc(C(F)(F)F)cc(C(F)(F)F)c1)Nc1ccc(N2CCNC2=O)cc1. The third-order valence-electron chi connectivity index (χ3n) is 4.25. The monoisotopic (exact) mass is 447 g/mol. The number of anilines is 2. The Morgan fingerprint density at radius 1 is 1.00 bits per heavy atom. The van der Waals surface area contributed by atoms with Crippen LogP contribution < -0.4 is 20.3 Å². The Bertz CT molecular complexity index is 941. The van der Waals surface area contributed by atoms with Crippen molar-refractivity contribution in [1.29, 1.82) is 0 Å². The average molecular weight is 447 g/mol. The molecule has 6 nitrogen and oxygen atoms in total. The van der Waals surface area contributed by atoms with E-state index in [2.05, 4.69) is 10.6 Å². The highest BCUT2D eigenvalue weighted by Gasteiger charge is 2.37. The summed E-state index contributed by atoms with van der Waals surface area (Å²) < 4.78 is 82.0. The third-order valence-corrected chi connectivity index (χ3v) is 4.25. The number of rotatable bonds is 5. The van der Waals surface area contributed by atoms with Gasteiger partial charge in [0, 0.05) is 24.5 Å². The summed E-state index contributed by atoms with van der Waals surface area (Å²) in [6.45, 7) is 0.171. The van der Waals surface area contributed by atoms with Crippen molar-refractivity contribution in [1.82, 2.24) is 5.32 Å². The van der Waals surface area contributed by atoms with Crippen molar-refractivity contribution < 1.29 is 40.7 Å². The molecule has 31 heavy (non-hydrogen) atoms. The summed E-state index contributed by atoms with van der Waals surface area (Å²) >= 11 is 0. The Balaban J connectivity index is 1.64. The first-order valence-electron chi connectivity index (χ1n) is 8.81. The van der Waals surface area contributed by atoms with Crippen molar-refractivity contribution >= 4 is 23.3 Å². The van der Waals surface area contributed by atoms with Crippen LogP contribution in [0.5, 0.6) is 5.75 Å². The van der Waals surface area contributed by atoms with E-state index in [1.807, 2.05) is 0 Å². The summed E-state index contributed by atoms with van der Waals surface area (Å²) in [7, 11) is 0. The highest BCUT2D eigenvalue weighted by atomic mass is 19.4. The molecule has 2 aromatic carbocycles. The van der Waals surface area contributed by atoms with Crippen LogP contribution in [0.25, 0.3) is 0 Å². The van der Waals surface area contributed by atoms with Crippen molar-refractivity contribution in [2.24, 2.45) is 0 Å². The van der Waals surface area contributed by atoms with Crippen LogP contribution in [0.4, 0.5) is 42.5 Å². The number of benzene rings is 2. The number of hydrogen-bond donors (Lipinski definition) is 2. The quantitative estimate of drug-likeness (QED) is 0.673. The molecule has 1 heterocycles. The number of nitrogens with one attached hydrogen (secondary N) is 2. The van der Waals surface area contributed by atoms with Gasteiger partial charge in [-0.25, -0.2) is 4.79 Å². The number of urea groups is 1. The van der Waals surface area contributed by atoms with Gasteiger partial charge < -0.3 is 15.4 Å². The van der Waals surface area contributed by atoms with Crippen LogP contribution >= 0.6 is 0 Å². The Morgan fingerprint density at radius 3 is 2.06 bits per heavy atom. The molecule has 166 valence electrons. The zero-order valence-electron chi connectivity index (χ0n) is 15.6. The van der Waals surface area contributed by atoms with E-state index in [1.54, 1.807) is 12.1 Å². The number of hydrogen-bond acceptors (Lipinski definition) is 3. The lowest BCUT2D eigenvalue weighted by atomic mass is 10.1. The van der Waals surface area contributed by atoms with Crippen molar-refractivity contribution in [2.45, 2.75) is 12.4 Å². The maximum absolute atomic E-state index is 12.9. The smallest absolute Gasteiger partial charge is 0.416 e. The minimum absolute atomic E-state index is 0.0326. The lowest BCUT2D eigenvalue weighted by molar-refractivity contribution is -0.143. The van der Waals surface area contributed by atoms with Gasteiger partial charge in [0.2, 0.25) is 0 Å². The molecule has 2 N–H and O–H groups in total. The summed E-state index contributed by atoms with van der Waals surface area (Å²) in [6, 6.07) is 6.61. The maximum Gasteiger partial charge on any atom is 0.416 e. The highest BCUT2D eigenvalue weighted by molar-refractivity contribution is 5.95. The fourth-order valence-electron chi connectivity index (χ4n) is 2.80. The van der Waals surface area contributed by atoms with Gasteiger partial charge in [-0.2, -0.15) is 26.3 Å². The largest absolute Gasteiger partial charge is 0.484 e. The molecule has 0 radical (unpaired) electrons. The fourth-order valence-corrected chi connectivity index (χ4v) is 2.80. The Labute approximate surface area is 171 Å². The summed E-state index contributed by atoms with van der Waals surface area (Å²) in [6.07, 6.45) is -10.0. The number of ether oxygens (including phenoxy) is 1. The molecule has 0 unspecified atom stereocenters. The molecular formula is C19H15F6N3O3. The number of carbonyl (C=O) groups is 2. The van der Waals surface area contributed by atoms with E-state index >= 15 is 0 Å². The molecule has 1 aliphatic heterocycles. The number of halogens is 6. The van der Waals surface area contributed by atoms with Crippen LogP contribution in [0.3, 0.4) is 0 Å². The Morgan fingerprint density at radius 2 is 1.58 bits per heavy atom. The molecule has 1 saturated heterocycles. The second-order valence-corrected chi connectivity index (χ2v) is 6.51. The summed E-state index contributed by atoms with van der Waals surface area (Å²) in [5, 5.41) is 5.04. The van der Waals surface area contributed by atoms with E-state index in [-0.39, 0.29) is 12.1 Å². The van der Waals surface area contributed by atoms with Crippen LogP contribution in [0.2, 0.25) is 0 Å². The van der Waals surface area contributed by atoms with E-state index in [4.69, 9.17) is 4.74 Å². The van der Waals surface area contributed by atoms with Crippen molar-refractivity contribution in [3.05, 3.63) is 53.6 Å². The molecule has 2 aromatic rings. The van der Waals surface area contributed by atoms with Crippen molar-refractivity contribution in [3.63, 3.8) is 0 Å². The van der Waals surface area contributed by atoms with Gasteiger partial charge in [0.1, 0.15) is 5.75 Å². The highest BCUT2D eigenvalue weighted by Crippen LogP contribution is 2.38. The van der Waals surface area contributed by atoms with E-state index in [9.17, 15) is 35.9 Å². The zero-order chi connectivity index (χ0) is 22.8. The summed E-state index contributed by atoms with van der Waals surface area (Å²) in [5.74, 6) is -1.54. The molecule has 0 bridgehead atoms. The van der Waals surface area contributed by atoms with Crippen LogP contribution in [0.1, 0.15) is 11.1 Å². The van der Waals surface area contributed by atoms with Gasteiger partial charge in [0.25, 0.3) is 5.91 Å². The second kappa shape index (κ2) is 8.36. The van der Waals surface area contributed by atoms with Crippen LogP contribution in [0, 0.1) is 0 Å². The molecule has 0 aromatic heterocycles. The number of amides is 3. The number of alkyl halides is 6. The molecule has 0 saturated carbocycles. The third kappa shape index (κ3) is 5.58. The minimum Gasteiger partial charge on any atom is -0.484 e. The van der Waals surface area contributed by atoms with E-state index in [0.29, 0.717) is 36.6 Å². The lowest BCUT2D eigenvalue weighted by Crippen LogP contribution is -2.27. The summed E-state index contributed by atoms with van der Waals surface area (Å²) in [5.41, 5.74) is -2.19. The van der Waals surface area contributed by atoms with E-state index in [0.717, 1.165) is 0 Å².